The Morgan fingerprint density at radius 1 is 1.41 bits per heavy atom. The second-order valence-electron chi connectivity index (χ2n) is 7.04. The minimum absolute atomic E-state index is 0.245. The maximum atomic E-state index is 11.8. The summed E-state index contributed by atoms with van der Waals surface area (Å²) in [7, 11) is 0. The zero-order chi connectivity index (χ0) is 23.3. The molecule has 170 valence electrons. The van der Waals surface area contributed by atoms with Crippen molar-refractivity contribution in [2.75, 3.05) is 12.0 Å². The molecule has 0 aromatic carbocycles. The number of nitrogens with one attached hydrogen (secondary N) is 1. The highest BCUT2D eigenvalue weighted by molar-refractivity contribution is 7.19. The zero-order valence-corrected chi connectivity index (χ0v) is 20.0. The quantitative estimate of drug-likeness (QED) is 0.148. The molecule has 1 unspecified atom stereocenters. The van der Waals surface area contributed by atoms with Gasteiger partial charge >= 0.3 is 5.97 Å². The summed E-state index contributed by atoms with van der Waals surface area (Å²) in [5.74, 6) is 0.700. The number of hydrogen-bond acceptors (Lipinski definition) is 9. The van der Waals surface area contributed by atoms with E-state index in [-0.39, 0.29) is 12.4 Å². The number of aliphatic hydroxyl groups excluding tert-OH is 1. The van der Waals surface area contributed by atoms with Gasteiger partial charge in [0, 0.05) is 4.88 Å². The number of allylic oxidation sites excluding steroid dienone is 1. The van der Waals surface area contributed by atoms with Crippen molar-refractivity contribution in [3.05, 3.63) is 39.6 Å². The number of thiophene rings is 2. The van der Waals surface area contributed by atoms with Crippen LogP contribution in [-0.2, 0) is 20.7 Å². The molecule has 3 aromatic rings. The Bertz CT molecular complexity index is 1120. The van der Waals surface area contributed by atoms with E-state index in [1.165, 1.54) is 22.7 Å². The Kier molecular flexibility index (Phi) is 7.94. The number of hydrogen-bond donors (Lipinski definition) is 2. The molecule has 1 atom stereocenters. The van der Waals surface area contributed by atoms with Crippen molar-refractivity contribution in [1.82, 2.24) is 15.0 Å². The van der Waals surface area contributed by atoms with Gasteiger partial charge in [-0.1, -0.05) is 12.1 Å². The van der Waals surface area contributed by atoms with E-state index in [0.29, 0.717) is 36.7 Å². The highest BCUT2D eigenvalue weighted by atomic mass is 32.1. The molecule has 0 radical (unpaired) electrons. The molecule has 0 aliphatic carbocycles. The van der Waals surface area contributed by atoms with E-state index >= 15 is 0 Å². The molecular formula is C22H26N4O4S2. The summed E-state index contributed by atoms with van der Waals surface area (Å²) in [4.78, 5) is 35.6. The standard InChI is InChI=1S/C22H26N4O4S2/c1-5-13(3)22(29)26(12-27)25-20-18-14(4)15(9-10-17(28)30-6-2)32-21(18)24-19(23-20)16-8-7-11-31-16/h5,7-8,11-12,22,29H,6,9-10H2,1-4H3,(H,23,24,25)/b13-5-. The molecule has 0 bridgehead atoms. The summed E-state index contributed by atoms with van der Waals surface area (Å²) >= 11 is 3.00. The number of rotatable bonds is 10. The van der Waals surface area contributed by atoms with Crippen LogP contribution in [0.15, 0.2) is 29.2 Å². The van der Waals surface area contributed by atoms with E-state index in [9.17, 15) is 14.7 Å². The number of esters is 1. The number of carbonyl (C=O) groups is 2. The highest BCUT2D eigenvalue weighted by Gasteiger charge is 2.22. The average Bonchev–Trinajstić information content (AvgIpc) is 3.43. The lowest BCUT2D eigenvalue weighted by molar-refractivity contribution is -0.143. The third-order valence-electron chi connectivity index (χ3n) is 4.97. The van der Waals surface area contributed by atoms with Crippen LogP contribution in [0.4, 0.5) is 5.82 Å². The van der Waals surface area contributed by atoms with E-state index in [0.717, 1.165) is 30.5 Å². The smallest absolute Gasteiger partial charge is 0.306 e. The molecular weight excluding hydrogens is 448 g/mol. The van der Waals surface area contributed by atoms with E-state index in [4.69, 9.17) is 9.72 Å². The van der Waals surface area contributed by atoms with E-state index < -0.39 is 6.23 Å². The molecule has 1 amide bonds. The summed E-state index contributed by atoms with van der Waals surface area (Å²) in [6.45, 7) is 7.60. The molecule has 3 heterocycles. The summed E-state index contributed by atoms with van der Waals surface area (Å²) in [6, 6.07) is 3.84. The maximum Gasteiger partial charge on any atom is 0.306 e. The fraction of sp³-hybridized carbons (Fsp3) is 0.364. The van der Waals surface area contributed by atoms with Crippen LogP contribution in [0.3, 0.4) is 0 Å². The van der Waals surface area contributed by atoms with Crippen LogP contribution in [0.1, 0.15) is 37.6 Å². The second kappa shape index (κ2) is 10.7. The predicted octanol–water partition coefficient (Wildman–Crippen LogP) is 4.29. The lowest BCUT2D eigenvalue weighted by Gasteiger charge is -2.25. The fourth-order valence-corrected chi connectivity index (χ4v) is 4.94. The van der Waals surface area contributed by atoms with Crippen LogP contribution < -0.4 is 5.43 Å². The number of carbonyl (C=O) groups excluding carboxylic acids is 2. The number of aliphatic hydroxyl groups is 1. The zero-order valence-electron chi connectivity index (χ0n) is 18.4. The van der Waals surface area contributed by atoms with Crippen LogP contribution in [-0.4, -0.2) is 45.3 Å². The van der Waals surface area contributed by atoms with Gasteiger partial charge in [-0.2, -0.15) is 0 Å². The highest BCUT2D eigenvalue weighted by Crippen LogP contribution is 2.37. The molecule has 0 spiro atoms. The summed E-state index contributed by atoms with van der Waals surface area (Å²) in [5.41, 5.74) is 4.52. The first-order valence-electron chi connectivity index (χ1n) is 10.2. The summed E-state index contributed by atoms with van der Waals surface area (Å²) in [6.07, 6.45) is 1.92. The van der Waals surface area contributed by atoms with Gasteiger partial charge in [-0.15, -0.1) is 22.7 Å². The number of aryl methyl sites for hydroxylation is 2. The van der Waals surface area contributed by atoms with Gasteiger partial charge in [-0.05, 0) is 56.7 Å². The maximum absolute atomic E-state index is 11.8. The summed E-state index contributed by atoms with van der Waals surface area (Å²) in [5, 5.41) is 14.3. The Balaban J connectivity index is 2.05. The van der Waals surface area contributed by atoms with Gasteiger partial charge in [0.2, 0.25) is 6.41 Å². The molecule has 8 nitrogen and oxygen atoms in total. The number of ether oxygens (including phenoxy) is 1. The van der Waals surface area contributed by atoms with Gasteiger partial charge in [0.25, 0.3) is 0 Å². The van der Waals surface area contributed by atoms with Crippen molar-refractivity contribution >= 4 is 51.1 Å². The topological polar surface area (TPSA) is 105 Å². The Labute approximate surface area is 194 Å². The monoisotopic (exact) mass is 474 g/mol. The second-order valence-corrected chi connectivity index (χ2v) is 9.07. The first-order chi connectivity index (χ1) is 15.4. The molecule has 0 aliphatic heterocycles. The van der Waals surface area contributed by atoms with Crippen LogP contribution in [0.5, 0.6) is 0 Å². The Morgan fingerprint density at radius 3 is 2.81 bits per heavy atom. The minimum atomic E-state index is -1.14. The van der Waals surface area contributed by atoms with Crippen LogP contribution in [0.25, 0.3) is 20.9 Å². The van der Waals surface area contributed by atoms with E-state index in [2.05, 4.69) is 10.4 Å². The minimum Gasteiger partial charge on any atom is -0.466 e. The number of nitrogens with zero attached hydrogens (tertiary/aromatic N) is 3. The van der Waals surface area contributed by atoms with Gasteiger partial charge in [0.05, 0.1) is 23.3 Å². The number of aromatic nitrogens is 2. The molecule has 0 aliphatic rings. The molecule has 0 saturated carbocycles. The van der Waals surface area contributed by atoms with Crippen molar-refractivity contribution in [1.29, 1.82) is 0 Å². The normalized spacial score (nSPS) is 12.6. The third kappa shape index (κ3) is 5.14. The lowest BCUT2D eigenvalue weighted by atomic mass is 10.1. The SMILES string of the molecule is C/C=C(/C)C(O)N(C=O)Nc1nc(-c2cccs2)nc2sc(CCC(=O)OCC)c(C)c12. The van der Waals surface area contributed by atoms with Crippen molar-refractivity contribution < 1.29 is 19.4 Å². The van der Waals surface area contributed by atoms with Crippen molar-refractivity contribution in [3.63, 3.8) is 0 Å². The van der Waals surface area contributed by atoms with Crippen LogP contribution in [0.2, 0.25) is 0 Å². The first-order valence-corrected chi connectivity index (χ1v) is 11.9. The molecule has 2 N–H and O–H groups in total. The van der Waals surface area contributed by atoms with Crippen LogP contribution in [0, 0.1) is 6.92 Å². The van der Waals surface area contributed by atoms with Gasteiger partial charge in [-0.25, -0.2) is 15.0 Å². The number of fused-ring (bicyclic) bond motifs is 1. The van der Waals surface area contributed by atoms with Gasteiger partial charge in [0.1, 0.15) is 4.83 Å². The number of hydrazine groups is 1. The molecule has 10 heteroatoms. The molecule has 32 heavy (non-hydrogen) atoms. The van der Waals surface area contributed by atoms with Crippen molar-refractivity contribution in [3.8, 4) is 10.7 Å². The Morgan fingerprint density at radius 2 is 2.19 bits per heavy atom. The van der Waals surface area contributed by atoms with E-state index in [1.54, 1.807) is 26.8 Å². The predicted molar refractivity (Wildman–Crippen MR) is 127 cm³/mol. The largest absolute Gasteiger partial charge is 0.466 e. The lowest BCUT2D eigenvalue weighted by Crippen LogP contribution is -2.39. The third-order valence-corrected chi connectivity index (χ3v) is 7.08. The van der Waals surface area contributed by atoms with Gasteiger partial charge in [0.15, 0.2) is 17.9 Å². The van der Waals surface area contributed by atoms with Gasteiger partial charge in [-0.3, -0.25) is 15.0 Å². The first kappa shape index (κ1) is 23.8. The molecule has 3 rings (SSSR count). The van der Waals surface area contributed by atoms with Gasteiger partial charge < -0.3 is 9.84 Å². The van der Waals surface area contributed by atoms with E-state index in [1.807, 2.05) is 24.4 Å². The average molecular weight is 475 g/mol. The summed E-state index contributed by atoms with van der Waals surface area (Å²) < 4.78 is 5.04. The van der Waals surface area contributed by atoms with Crippen LogP contribution >= 0.6 is 22.7 Å². The van der Waals surface area contributed by atoms with Crippen molar-refractivity contribution in [2.24, 2.45) is 0 Å². The number of anilines is 1. The fourth-order valence-electron chi connectivity index (χ4n) is 3.10. The Hall–Kier alpha value is -2.82. The molecule has 0 fully saturated rings. The molecule has 0 saturated heterocycles. The molecule has 3 aromatic heterocycles. The number of amides is 1. The van der Waals surface area contributed by atoms with Crippen molar-refractivity contribution in [2.45, 2.75) is 46.8 Å².